The van der Waals surface area contributed by atoms with E-state index in [1.807, 2.05) is 0 Å². The molecule has 0 spiro atoms. The van der Waals surface area contributed by atoms with Gasteiger partial charge in [0, 0.05) is 18.0 Å². The number of alkyl halides is 1. The average molecular weight is 290 g/mol. The summed E-state index contributed by atoms with van der Waals surface area (Å²) in [6, 6.07) is 0. The number of ether oxygens (including phenoxy) is 1. The molecule has 1 aliphatic carbocycles. The molecule has 0 aromatic carbocycles. The van der Waals surface area contributed by atoms with Crippen molar-refractivity contribution >= 4 is 21.8 Å². The highest BCUT2D eigenvalue weighted by molar-refractivity contribution is 9.09. The van der Waals surface area contributed by atoms with Crippen LogP contribution in [0.3, 0.4) is 0 Å². The molecule has 1 saturated carbocycles. The fraction of sp³-hybridized carbons (Fsp3) is 0.917. The Hall–Kier alpha value is -0.0900. The van der Waals surface area contributed by atoms with Crippen molar-refractivity contribution in [3.05, 3.63) is 0 Å². The zero-order chi connectivity index (χ0) is 11.4. The molecule has 2 aliphatic rings. The summed E-state index contributed by atoms with van der Waals surface area (Å²) < 4.78 is 5.22. The number of carbonyl (C=O) groups excluding carboxylic acids is 1. The molecule has 0 aromatic rings. The van der Waals surface area contributed by atoms with Crippen molar-refractivity contribution in [1.82, 2.24) is 5.32 Å². The van der Waals surface area contributed by atoms with Gasteiger partial charge < -0.3 is 10.1 Å². The van der Waals surface area contributed by atoms with Crippen LogP contribution in [0.5, 0.6) is 0 Å². The van der Waals surface area contributed by atoms with Crippen molar-refractivity contribution in [3.63, 3.8) is 0 Å². The summed E-state index contributed by atoms with van der Waals surface area (Å²) in [6.45, 7) is 2.19. The predicted octanol–water partition coefficient (Wildman–Crippen LogP) is 2.09. The highest BCUT2D eigenvalue weighted by Crippen LogP contribution is 2.28. The first-order chi connectivity index (χ1) is 7.75. The summed E-state index contributed by atoms with van der Waals surface area (Å²) in [5.41, 5.74) is 0. The minimum atomic E-state index is 0.100. The molecule has 3 nitrogen and oxygen atoms in total. The highest BCUT2D eigenvalue weighted by Gasteiger charge is 2.25. The third kappa shape index (κ3) is 3.45. The summed E-state index contributed by atoms with van der Waals surface area (Å²) in [5.74, 6) is 0.946. The lowest BCUT2D eigenvalue weighted by Crippen LogP contribution is -2.36. The third-order valence-electron chi connectivity index (χ3n) is 3.58. The van der Waals surface area contributed by atoms with E-state index in [-0.39, 0.29) is 11.8 Å². The van der Waals surface area contributed by atoms with Crippen molar-refractivity contribution < 1.29 is 9.53 Å². The molecule has 0 aromatic heterocycles. The molecule has 2 fully saturated rings. The molecule has 3 atom stereocenters. The Morgan fingerprint density at radius 1 is 1.38 bits per heavy atom. The Labute approximate surface area is 105 Å². The quantitative estimate of drug-likeness (QED) is 0.808. The van der Waals surface area contributed by atoms with Crippen LogP contribution in [0.15, 0.2) is 0 Å². The van der Waals surface area contributed by atoms with E-state index in [2.05, 4.69) is 21.2 Å². The summed E-state index contributed by atoms with van der Waals surface area (Å²) in [6.07, 6.45) is 5.90. The van der Waals surface area contributed by atoms with Crippen molar-refractivity contribution in [2.75, 3.05) is 19.8 Å². The maximum atomic E-state index is 11.8. The van der Waals surface area contributed by atoms with Gasteiger partial charge in [0.1, 0.15) is 0 Å². The number of amides is 1. The van der Waals surface area contributed by atoms with Gasteiger partial charge in [0.05, 0.1) is 12.5 Å². The van der Waals surface area contributed by atoms with Gasteiger partial charge in [-0.25, -0.2) is 0 Å². The van der Waals surface area contributed by atoms with Gasteiger partial charge in [-0.05, 0) is 31.6 Å². The van der Waals surface area contributed by atoms with Crippen LogP contribution in [0, 0.1) is 11.8 Å². The summed E-state index contributed by atoms with van der Waals surface area (Å²) >= 11 is 3.67. The standard InChI is InChI=1S/C12H20BrNO2/c13-11-3-1-2-9(6-11)7-14-12(15)10-4-5-16-8-10/h9-11H,1-8H2,(H,14,15). The second kappa shape index (κ2) is 6.01. The number of hydrogen-bond donors (Lipinski definition) is 1. The van der Waals surface area contributed by atoms with E-state index in [4.69, 9.17) is 4.74 Å². The average Bonchev–Trinajstić information content (AvgIpc) is 2.79. The smallest absolute Gasteiger partial charge is 0.225 e. The van der Waals surface area contributed by atoms with Gasteiger partial charge in [0.2, 0.25) is 5.91 Å². The first kappa shape index (κ1) is 12.4. The zero-order valence-corrected chi connectivity index (χ0v) is 11.2. The Balaban J connectivity index is 1.67. The lowest BCUT2D eigenvalue weighted by atomic mass is 9.89. The molecule has 2 rings (SSSR count). The van der Waals surface area contributed by atoms with E-state index in [1.165, 1.54) is 25.7 Å². The third-order valence-corrected chi connectivity index (χ3v) is 4.42. The van der Waals surface area contributed by atoms with Crippen molar-refractivity contribution in [2.24, 2.45) is 11.8 Å². The molecule has 1 N–H and O–H groups in total. The molecule has 16 heavy (non-hydrogen) atoms. The molecule has 0 bridgehead atoms. The lowest BCUT2D eigenvalue weighted by Gasteiger charge is -2.26. The van der Waals surface area contributed by atoms with E-state index < -0.39 is 0 Å². The molecule has 92 valence electrons. The number of carbonyl (C=O) groups is 1. The Kier molecular flexibility index (Phi) is 4.65. The first-order valence-corrected chi connectivity index (χ1v) is 7.17. The van der Waals surface area contributed by atoms with Crippen LogP contribution in [0.4, 0.5) is 0 Å². The molecule has 0 radical (unpaired) electrons. The lowest BCUT2D eigenvalue weighted by molar-refractivity contribution is -0.125. The van der Waals surface area contributed by atoms with Crippen LogP contribution >= 0.6 is 15.9 Å². The summed E-state index contributed by atoms with van der Waals surface area (Å²) in [4.78, 5) is 12.4. The van der Waals surface area contributed by atoms with Crippen LogP contribution in [-0.2, 0) is 9.53 Å². The SMILES string of the molecule is O=C(NCC1CCCC(Br)C1)C1CCOC1. The Morgan fingerprint density at radius 3 is 2.94 bits per heavy atom. The molecule has 1 amide bonds. The van der Waals surface area contributed by atoms with Crippen LogP contribution in [0.25, 0.3) is 0 Å². The highest BCUT2D eigenvalue weighted by atomic mass is 79.9. The maximum Gasteiger partial charge on any atom is 0.225 e. The largest absolute Gasteiger partial charge is 0.381 e. The van der Waals surface area contributed by atoms with Crippen LogP contribution < -0.4 is 5.32 Å². The van der Waals surface area contributed by atoms with Gasteiger partial charge in [-0.3, -0.25) is 4.79 Å². The van der Waals surface area contributed by atoms with E-state index >= 15 is 0 Å². The topological polar surface area (TPSA) is 38.3 Å². The number of rotatable bonds is 3. The fourth-order valence-electron chi connectivity index (χ4n) is 2.54. The first-order valence-electron chi connectivity index (χ1n) is 6.25. The predicted molar refractivity (Wildman–Crippen MR) is 66.6 cm³/mol. The molecule has 1 saturated heterocycles. The monoisotopic (exact) mass is 289 g/mol. The second-order valence-corrected chi connectivity index (χ2v) is 6.23. The minimum Gasteiger partial charge on any atom is -0.381 e. The van der Waals surface area contributed by atoms with E-state index in [9.17, 15) is 4.79 Å². The Morgan fingerprint density at radius 2 is 2.25 bits per heavy atom. The fourth-order valence-corrected chi connectivity index (χ4v) is 3.39. The van der Waals surface area contributed by atoms with Gasteiger partial charge in [0.15, 0.2) is 0 Å². The summed E-state index contributed by atoms with van der Waals surface area (Å²) in [7, 11) is 0. The van der Waals surface area contributed by atoms with Gasteiger partial charge >= 0.3 is 0 Å². The van der Waals surface area contributed by atoms with E-state index in [0.29, 0.717) is 17.4 Å². The van der Waals surface area contributed by atoms with Gasteiger partial charge in [0.25, 0.3) is 0 Å². The van der Waals surface area contributed by atoms with Crippen molar-refractivity contribution in [3.8, 4) is 0 Å². The molecular formula is C12H20BrNO2. The van der Waals surface area contributed by atoms with E-state index in [1.54, 1.807) is 0 Å². The molecule has 3 unspecified atom stereocenters. The molecular weight excluding hydrogens is 270 g/mol. The van der Waals surface area contributed by atoms with Crippen LogP contribution in [-0.4, -0.2) is 30.5 Å². The van der Waals surface area contributed by atoms with Gasteiger partial charge in [-0.15, -0.1) is 0 Å². The molecule has 4 heteroatoms. The van der Waals surface area contributed by atoms with Crippen molar-refractivity contribution in [2.45, 2.75) is 36.9 Å². The van der Waals surface area contributed by atoms with Gasteiger partial charge in [-0.2, -0.15) is 0 Å². The van der Waals surface area contributed by atoms with Crippen LogP contribution in [0.2, 0.25) is 0 Å². The summed E-state index contributed by atoms with van der Waals surface area (Å²) in [5, 5.41) is 3.08. The zero-order valence-electron chi connectivity index (χ0n) is 9.58. The van der Waals surface area contributed by atoms with Crippen LogP contribution in [0.1, 0.15) is 32.1 Å². The number of halogens is 1. The maximum absolute atomic E-state index is 11.8. The molecule has 1 aliphatic heterocycles. The second-order valence-electron chi connectivity index (χ2n) is 4.94. The van der Waals surface area contributed by atoms with E-state index in [0.717, 1.165) is 19.6 Å². The number of nitrogens with one attached hydrogen (secondary N) is 1. The Bertz CT molecular complexity index is 241. The number of hydrogen-bond acceptors (Lipinski definition) is 2. The van der Waals surface area contributed by atoms with Crippen molar-refractivity contribution in [1.29, 1.82) is 0 Å². The normalized spacial score (nSPS) is 34.9. The minimum absolute atomic E-state index is 0.100. The molecule has 1 heterocycles. The van der Waals surface area contributed by atoms with Gasteiger partial charge in [-0.1, -0.05) is 22.4 Å².